The summed E-state index contributed by atoms with van der Waals surface area (Å²) in [5.41, 5.74) is 2.89. The van der Waals surface area contributed by atoms with E-state index in [0.29, 0.717) is 41.8 Å². The van der Waals surface area contributed by atoms with Gasteiger partial charge in [0.1, 0.15) is 5.75 Å². The maximum absolute atomic E-state index is 12.6. The van der Waals surface area contributed by atoms with Crippen LogP contribution in [0.5, 0.6) is 11.6 Å². The van der Waals surface area contributed by atoms with Crippen molar-refractivity contribution in [2.75, 3.05) is 23.1 Å². The van der Waals surface area contributed by atoms with Gasteiger partial charge in [-0.15, -0.1) is 0 Å². The summed E-state index contributed by atoms with van der Waals surface area (Å²) in [6.45, 7) is 3.88. The topological polar surface area (TPSA) is 118 Å². The fraction of sp³-hybridized carbons (Fsp3) is 0.321. The van der Waals surface area contributed by atoms with Gasteiger partial charge in [-0.3, -0.25) is 4.72 Å². The number of anilines is 2. The van der Waals surface area contributed by atoms with Crippen molar-refractivity contribution in [1.29, 1.82) is 0 Å². The summed E-state index contributed by atoms with van der Waals surface area (Å²) in [4.78, 5) is 13.7. The zero-order chi connectivity index (χ0) is 26.1. The van der Waals surface area contributed by atoms with E-state index in [4.69, 9.17) is 9.72 Å². The number of rotatable bonds is 8. The van der Waals surface area contributed by atoms with Gasteiger partial charge in [-0.2, -0.15) is 0 Å². The molecule has 0 amide bonds. The van der Waals surface area contributed by atoms with E-state index in [1.807, 2.05) is 49.4 Å². The smallest absolute Gasteiger partial charge is 0.235 e. The molecule has 3 N–H and O–H groups in total. The number of hydrogen-bond donors (Lipinski definition) is 3. The van der Waals surface area contributed by atoms with E-state index in [1.165, 1.54) is 0 Å². The number of ether oxygens (including phenoxy) is 1. The number of pyridine rings is 1. The van der Waals surface area contributed by atoms with Gasteiger partial charge in [0, 0.05) is 35.8 Å². The van der Waals surface area contributed by atoms with Crippen LogP contribution in [-0.2, 0) is 10.0 Å². The third kappa shape index (κ3) is 5.14. The quantitative estimate of drug-likeness (QED) is 0.296. The summed E-state index contributed by atoms with van der Waals surface area (Å²) in [7, 11) is -3.40. The average Bonchev–Trinajstić information content (AvgIpc) is 3.78. The average molecular weight is 531 g/mol. The Bertz CT molecular complexity index is 1580. The molecule has 196 valence electrons. The minimum Gasteiger partial charge on any atom is -0.437 e. The van der Waals surface area contributed by atoms with Gasteiger partial charge in [0.15, 0.2) is 0 Å². The molecule has 2 aromatic heterocycles. The number of sulfonamides is 1. The Morgan fingerprint density at radius 2 is 1.87 bits per heavy atom. The first kappa shape index (κ1) is 24.6. The predicted molar refractivity (Wildman–Crippen MR) is 149 cm³/mol. The zero-order valence-corrected chi connectivity index (χ0v) is 22.0. The van der Waals surface area contributed by atoms with E-state index >= 15 is 0 Å². The molecule has 1 aliphatic heterocycles. The molecule has 6 rings (SSSR count). The van der Waals surface area contributed by atoms with E-state index in [1.54, 1.807) is 18.5 Å². The molecule has 0 spiro atoms. The second-order valence-electron chi connectivity index (χ2n) is 9.87. The van der Waals surface area contributed by atoms with Crippen LogP contribution in [0.25, 0.3) is 22.0 Å². The van der Waals surface area contributed by atoms with Gasteiger partial charge in [-0.05, 0) is 69.0 Å². The van der Waals surface area contributed by atoms with Crippen LogP contribution < -0.4 is 20.1 Å². The number of aromatic nitrogens is 3. The van der Waals surface area contributed by atoms with Crippen molar-refractivity contribution >= 4 is 32.4 Å². The second kappa shape index (κ2) is 10.2. The van der Waals surface area contributed by atoms with Crippen LogP contribution in [-0.4, -0.2) is 47.8 Å². The lowest BCUT2D eigenvalue weighted by Crippen LogP contribution is -2.38. The summed E-state index contributed by atoms with van der Waals surface area (Å²) in [6.07, 6.45) is 7.01. The van der Waals surface area contributed by atoms with Crippen LogP contribution in [0.2, 0.25) is 0 Å². The molecule has 1 atom stereocenters. The highest BCUT2D eigenvalue weighted by atomic mass is 32.2. The monoisotopic (exact) mass is 530 g/mol. The first-order chi connectivity index (χ1) is 18.5. The Balaban J connectivity index is 1.33. The van der Waals surface area contributed by atoms with Gasteiger partial charge in [-0.1, -0.05) is 24.3 Å². The van der Waals surface area contributed by atoms with E-state index in [0.717, 1.165) is 47.8 Å². The maximum Gasteiger partial charge on any atom is 0.235 e. The maximum atomic E-state index is 12.6. The molecular weight excluding hydrogens is 500 g/mol. The third-order valence-electron chi connectivity index (χ3n) is 6.96. The molecule has 4 aromatic rings. The van der Waals surface area contributed by atoms with E-state index in [-0.39, 0.29) is 11.3 Å². The van der Waals surface area contributed by atoms with E-state index in [2.05, 4.69) is 25.3 Å². The summed E-state index contributed by atoms with van der Waals surface area (Å²) in [5.74, 6) is 1.60. The van der Waals surface area contributed by atoms with Gasteiger partial charge in [0.2, 0.25) is 21.9 Å². The fourth-order valence-corrected chi connectivity index (χ4v) is 6.19. The van der Waals surface area contributed by atoms with E-state index < -0.39 is 10.0 Å². The number of benzene rings is 2. The van der Waals surface area contributed by atoms with Crippen molar-refractivity contribution in [2.24, 2.45) is 0 Å². The third-order valence-corrected chi connectivity index (χ3v) is 8.81. The molecule has 2 aromatic carbocycles. The molecule has 1 saturated heterocycles. The Labute approximate surface area is 222 Å². The van der Waals surface area contributed by atoms with Gasteiger partial charge in [0.25, 0.3) is 0 Å². The number of piperidine rings is 1. The van der Waals surface area contributed by atoms with E-state index in [9.17, 15) is 8.42 Å². The molecular formula is C28H30N6O3S. The van der Waals surface area contributed by atoms with Crippen molar-refractivity contribution in [3.8, 4) is 22.9 Å². The molecule has 2 fully saturated rings. The Morgan fingerprint density at radius 3 is 2.68 bits per heavy atom. The molecule has 3 heterocycles. The number of nitrogens with zero attached hydrogens (tertiary/aromatic N) is 3. The summed E-state index contributed by atoms with van der Waals surface area (Å²) < 4.78 is 34.5. The molecule has 9 nitrogen and oxygen atoms in total. The van der Waals surface area contributed by atoms with Crippen molar-refractivity contribution < 1.29 is 13.2 Å². The largest absolute Gasteiger partial charge is 0.437 e. The van der Waals surface area contributed by atoms with Gasteiger partial charge in [-0.25, -0.2) is 23.4 Å². The highest BCUT2D eigenvalue weighted by Gasteiger charge is 2.36. The molecule has 38 heavy (non-hydrogen) atoms. The molecule has 1 aliphatic carbocycles. The fourth-order valence-electron chi connectivity index (χ4n) is 4.78. The van der Waals surface area contributed by atoms with Crippen LogP contribution in [0.4, 0.5) is 11.6 Å². The SMILES string of the molecule is Cc1ccc2c(NS(=O)(=O)C3CC3)cccc2c1Oc1ncccc1-c1ccnc(N[C@H]2CCCNC2)n1. The molecule has 2 aliphatic rings. The molecule has 10 heteroatoms. The number of aryl methyl sites for hydroxylation is 1. The Kier molecular flexibility index (Phi) is 6.59. The Morgan fingerprint density at radius 1 is 0.974 bits per heavy atom. The lowest BCUT2D eigenvalue weighted by atomic mass is 10.0. The predicted octanol–water partition coefficient (Wildman–Crippen LogP) is 4.86. The van der Waals surface area contributed by atoms with Crippen LogP contribution in [0.15, 0.2) is 60.9 Å². The van der Waals surface area contributed by atoms with Gasteiger partial charge < -0.3 is 15.4 Å². The van der Waals surface area contributed by atoms with Crippen LogP contribution in [0.1, 0.15) is 31.2 Å². The lowest BCUT2D eigenvalue weighted by molar-refractivity contribution is 0.466. The Hall–Kier alpha value is -3.76. The summed E-state index contributed by atoms with van der Waals surface area (Å²) in [6, 6.07) is 15.3. The van der Waals surface area contributed by atoms with Gasteiger partial charge >= 0.3 is 0 Å². The van der Waals surface area contributed by atoms with Crippen LogP contribution >= 0.6 is 0 Å². The minimum atomic E-state index is -3.40. The molecule has 0 unspecified atom stereocenters. The van der Waals surface area contributed by atoms with Crippen molar-refractivity contribution in [1.82, 2.24) is 20.3 Å². The number of nitrogens with one attached hydrogen (secondary N) is 3. The molecule has 1 saturated carbocycles. The molecule has 0 bridgehead atoms. The van der Waals surface area contributed by atoms with Crippen molar-refractivity contribution in [2.45, 2.75) is 43.9 Å². The first-order valence-electron chi connectivity index (χ1n) is 13.0. The standard InChI is InChI=1S/C28H30N6O3S/c1-18-9-12-21-22(6-2-8-25(21)34-38(35,36)20-10-11-20)26(18)37-27-23(7-4-15-30-27)24-13-16-31-28(33-24)32-19-5-3-14-29-17-19/h2,4,6-9,12-13,15-16,19-20,29,34H,3,5,10-11,14,17H2,1H3,(H,31,32,33)/t19-/m0/s1. The van der Waals surface area contributed by atoms with Crippen LogP contribution in [0, 0.1) is 6.92 Å². The normalized spacial score (nSPS) is 17.8. The lowest BCUT2D eigenvalue weighted by Gasteiger charge is -2.23. The van der Waals surface area contributed by atoms with Gasteiger partial charge in [0.05, 0.1) is 22.2 Å². The second-order valence-corrected chi connectivity index (χ2v) is 11.8. The highest BCUT2D eigenvalue weighted by Crippen LogP contribution is 2.39. The molecule has 0 radical (unpaired) electrons. The summed E-state index contributed by atoms with van der Waals surface area (Å²) in [5, 5.41) is 8.08. The van der Waals surface area contributed by atoms with Crippen molar-refractivity contribution in [3.63, 3.8) is 0 Å². The summed E-state index contributed by atoms with van der Waals surface area (Å²) >= 11 is 0. The van der Waals surface area contributed by atoms with Crippen molar-refractivity contribution in [3.05, 3.63) is 66.5 Å². The highest BCUT2D eigenvalue weighted by molar-refractivity contribution is 7.93. The van der Waals surface area contributed by atoms with Crippen LogP contribution in [0.3, 0.4) is 0 Å². The minimum absolute atomic E-state index is 0.286. The number of hydrogen-bond acceptors (Lipinski definition) is 8. The zero-order valence-electron chi connectivity index (χ0n) is 21.1. The first-order valence-corrected chi connectivity index (χ1v) is 14.5. The number of fused-ring (bicyclic) bond motifs is 1.